The van der Waals surface area contributed by atoms with E-state index >= 15 is 0 Å². The van der Waals surface area contributed by atoms with E-state index in [9.17, 15) is 0 Å². The molecule has 0 aromatic heterocycles. The summed E-state index contributed by atoms with van der Waals surface area (Å²) in [5.74, 6) is 0. The number of nitrogens with two attached hydrogens (primary N) is 1. The van der Waals surface area contributed by atoms with Gasteiger partial charge in [0, 0.05) is 10.5 Å². The molecule has 0 aliphatic heterocycles. The Bertz CT molecular complexity index is 334. The monoisotopic (exact) mass is 311 g/mol. The highest BCUT2D eigenvalue weighted by Gasteiger charge is 2.22. The lowest BCUT2D eigenvalue weighted by Gasteiger charge is -2.27. The second-order valence-electron chi connectivity index (χ2n) is 4.52. The molecule has 0 spiro atoms. The molecular formula is C11H16BrCl2N. The molecule has 0 heterocycles. The van der Waals surface area contributed by atoms with Crippen molar-refractivity contribution in [2.24, 2.45) is 11.1 Å². The average molecular weight is 313 g/mol. The van der Waals surface area contributed by atoms with Gasteiger partial charge in [0.05, 0.1) is 5.02 Å². The second kappa shape index (κ2) is 5.53. The van der Waals surface area contributed by atoms with E-state index in [0.717, 1.165) is 15.1 Å². The van der Waals surface area contributed by atoms with Crippen LogP contribution in [-0.2, 0) is 0 Å². The Morgan fingerprint density at radius 3 is 2.27 bits per heavy atom. The minimum atomic E-state index is 0. The molecule has 0 bridgehead atoms. The highest BCUT2D eigenvalue weighted by atomic mass is 79.9. The van der Waals surface area contributed by atoms with Crippen LogP contribution in [0.5, 0.6) is 0 Å². The Morgan fingerprint density at radius 1 is 1.33 bits per heavy atom. The van der Waals surface area contributed by atoms with Gasteiger partial charge in [-0.25, -0.2) is 0 Å². The van der Waals surface area contributed by atoms with Gasteiger partial charge in [-0.15, -0.1) is 12.4 Å². The Labute approximate surface area is 111 Å². The average Bonchev–Trinajstić information content (AvgIpc) is 2.07. The summed E-state index contributed by atoms with van der Waals surface area (Å²) in [4.78, 5) is 0. The molecule has 0 radical (unpaired) electrons. The summed E-state index contributed by atoms with van der Waals surface area (Å²) >= 11 is 9.31. The minimum absolute atomic E-state index is 0. The summed E-state index contributed by atoms with van der Waals surface area (Å²) in [6.07, 6.45) is 0. The van der Waals surface area contributed by atoms with Crippen LogP contribution in [0.1, 0.15) is 32.4 Å². The van der Waals surface area contributed by atoms with E-state index in [4.69, 9.17) is 17.3 Å². The maximum absolute atomic E-state index is 6.13. The molecule has 1 aromatic carbocycles. The molecule has 0 unspecified atom stereocenters. The highest BCUT2D eigenvalue weighted by molar-refractivity contribution is 9.10. The van der Waals surface area contributed by atoms with Gasteiger partial charge in [0.15, 0.2) is 0 Å². The van der Waals surface area contributed by atoms with Crippen molar-refractivity contribution >= 4 is 39.9 Å². The fourth-order valence-corrected chi connectivity index (χ4v) is 1.72. The highest BCUT2D eigenvalue weighted by Crippen LogP contribution is 2.33. The zero-order valence-corrected chi connectivity index (χ0v) is 12.2. The molecule has 15 heavy (non-hydrogen) atoms. The summed E-state index contributed by atoms with van der Waals surface area (Å²) in [6, 6.07) is 5.85. The van der Waals surface area contributed by atoms with Gasteiger partial charge in [0.1, 0.15) is 0 Å². The number of hydrogen-bond donors (Lipinski definition) is 1. The Balaban J connectivity index is 0.00000196. The zero-order valence-electron chi connectivity index (χ0n) is 9.05. The number of rotatable bonds is 1. The van der Waals surface area contributed by atoms with Crippen LogP contribution >= 0.6 is 39.9 Å². The predicted octanol–water partition coefficient (Wildman–Crippen LogP) is 4.57. The van der Waals surface area contributed by atoms with Crippen molar-refractivity contribution in [1.82, 2.24) is 0 Å². The molecule has 86 valence electrons. The number of hydrogen-bond acceptors (Lipinski definition) is 1. The third-order valence-electron chi connectivity index (χ3n) is 2.24. The molecule has 0 saturated heterocycles. The van der Waals surface area contributed by atoms with Gasteiger partial charge >= 0.3 is 0 Å². The summed E-state index contributed by atoms with van der Waals surface area (Å²) in [5.41, 5.74) is 7.30. The molecule has 0 aliphatic rings. The Kier molecular flexibility index (Phi) is 5.62. The first kappa shape index (κ1) is 15.2. The van der Waals surface area contributed by atoms with Crippen LogP contribution in [0, 0.1) is 5.41 Å². The summed E-state index contributed by atoms with van der Waals surface area (Å²) in [5, 5.41) is 0.717. The van der Waals surface area contributed by atoms with Crippen molar-refractivity contribution in [2.75, 3.05) is 0 Å². The van der Waals surface area contributed by atoms with E-state index < -0.39 is 0 Å². The van der Waals surface area contributed by atoms with Crippen LogP contribution in [0.4, 0.5) is 0 Å². The van der Waals surface area contributed by atoms with Crippen molar-refractivity contribution in [1.29, 1.82) is 0 Å². The fourth-order valence-electron chi connectivity index (χ4n) is 1.21. The zero-order chi connectivity index (χ0) is 10.9. The maximum atomic E-state index is 6.13. The van der Waals surface area contributed by atoms with Crippen molar-refractivity contribution in [3.8, 4) is 0 Å². The molecular weight excluding hydrogens is 297 g/mol. The van der Waals surface area contributed by atoms with Crippen LogP contribution in [-0.4, -0.2) is 0 Å². The summed E-state index contributed by atoms with van der Waals surface area (Å²) < 4.78 is 0.899. The van der Waals surface area contributed by atoms with Gasteiger partial charge in [-0.2, -0.15) is 0 Å². The van der Waals surface area contributed by atoms with Gasteiger partial charge < -0.3 is 5.73 Å². The van der Waals surface area contributed by atoms with Gasteiger partial charge in [0.25, 0.3) is 0 Å². The predicted molar refractivity (Wildman–Crippen MR) is 72.8 cm³/mol. The van der Waals surface area contributed by atoms with Crippen molar-refractivity contribution in [3.05, 3.63) is 33.3 Å². The van der Waals surface area contributed by atoms with Gasteiger partial charge in [-0.1, -0.05) is 38.4 Å². The minimum Gasteiger partial charge on any atom is -0.324 e. The standard InChI is InChI=1S/C11H15BrClN.ClH/c1-11(2,3)10(14)7-4-5-9(13)8(12)6-7;/h4-6,10H,14H2,1-3H3;1H/t10-;/m0./s1. The number of benzene rings is 1. The van der Waals surface area contributed by atoms with Crippen molar-refractivity contribution in [3.63, 3.8) is 0 Å². The van der Waals surface area contributed by atoms with E-state index in [1.165, 1.54) is 0 Å². The lowest BCUT2D eigenvalue weighted by atomic mass is 9.83. The summed E-state index contributed by atoms with van der Waals surface area (Å²) in [7, 11) is 0. The fraction of sp³-hybridized carbons (Fsp3) is 0.455. The quantitative estimate of drug-likeness (QED) is 0.807. The van der Waals surface area contributed by atoms with E-state index in [2.05, 4.69) is 36.7 Å². The van der Waals surface area contributed by atoms with E-state index in [1.807, 2.05) is 18.2 Å². The third kappa shape index (κ3) is 3.95. The lowest BCUT2D eigenvalue weighted by molar-refractivity contribution is 0.327. The van der Waals surface area contributed by atoms with E-state index in [1.54, 1.807) is 0 Å². The Morgan fingerprint density at radius 2 is 1.87 bits per heavy atom. The first-order valence-electron chi connectivity index (χ1n) is 4.53. The van der Waals surface area contributed by atoms with Crippen LogP contribution < -0.4 is 5.73 Å². The summed E-state index contributed by atoms with van der Waals surface area (Å²) in [6.45, 7) is 6.38. The van der Waals surface area contributed by atoms with E-state index in [0.29, 0.717) is 0 Å². The molecule has 2 N–H and O–H groups in total. The van der Waals surface area contributed by atoms with Gasteiger partial charge in [0.2, 0.25) is 0 Å². The maximum Gasteiger partial charge on any atom is 0.0548 e. The van der Waals surface area contributed by atoms with Gasteiger partial charge in [-0.05, 0) is 39.0 Å². The molecule has 1 aromatic rings. The van der Waals surface area contributed by atoms with Crippen molar-refractivity contribution in [2.45, 2.75) is 26.8 Å². The normalized spacial score (nSPS) is 13.2. The van der Waals surface area contributed by atoms with Crippen LogP contribution in [0.2, 0.25) is 5.02 Å². The van der Waals surface area contributed by atoms with E-state index in [-0.39, 0.29) is 23.9 Å². The SMILES string of the molecule is CC(C)(C)[C@@H](N)c1ccc(Cl)c(Br)c1.Cl. The van der Waals surface area contributed by atoms with Crippen LogP contribution in [0.25, 0.3) is 0 Å². The third-order valence-corrected chi connectivity index (χ3v) is 3.45. The molecule has 1 atom stereocenters. The first-order chi connectivity index (χ1) is 6.32. The lowest BCUT2D eigenvalue weighted by Crippen LogP contribution is -2.26. The molecule has 0 saturated carbocycles. The van der Waals surface area contributed by atoms with Crippen LogP contribution in [0.3, 0.4) is 0 Å². The Hall–Kier alpha value is 0.240. The second-order valence-corrected chi connectivity index (χ2v) is 5.78. The van der Waals surface area contributed by atoms with Gasteiger partial charge in [-0.3, -0.25) is 0 Å². The molecule has 0 amide bonds. The number of halogens is 3. The smallest absolute Gasteiger partial charge is 0.0548 e. The van der Waals surface area contributed by atoms with Crippen molar-refractivity contribution < 1.29 is 0 Å². The molecule has 1 nitrogen and oxygen atoms in total. The molecule has 1 rings (SSSR count). The van der Waals surface area contributed by atoms with Crippen LogP contribution in [0.15, 0.2) is 22.7 Å². The largest absolute Gasteiger partial charge is 0.324 e. The molecule has 0 aliphatic carbocycles. The molecule has 4 heteroatoms. The topological polar surface area (TPSA) is 26.0 Å². The first-order valence-corrected chi connectivity index (χ1v) is 5.70. The molecule has 0 fully saturated rings.